The van der Waals surface area contributed by atoms with Gasteiger partial charge in [-0.05, 0) is 42.3 Å². The Morgan fingerprint density at radius 1 is 1.08 bits per heavy atom. The molecule has 3 aromatic rings. The molecular formula is C25H24F6N4O3. The van der Waals surface area contributed by atoms with E-state index in [1.165, 1.54) is 36.3 Å². The van der Waals surface area contributed by atoms with Crippen LogP contribution in [-0.2, 0) is 30.2 Å². The lowest BCUT2D eigenvalue weighted by Crippen LogP contribution is -2.29. The molecule has 204 valence electrons. The van der Waals surface area contributed by atoms with Gasteiger partial charge in [-0.25, -0.2) is 9.48 Å². The molecule has 4 rings (SSSR count). The molecule has 1 aliphatic rings. The smallest absolute Gasteiger partial charge is 0.435 e. The standard InChI is InChI=1S/C25H24F6N4O3/c1-14(16-6-8-17(9-7-16)23(37)38-2)32-21(36)19-20(25(29,30)31)33-35-11-10-34(22(19)35)13-15-4-3-5-18(12-15)24(26,27)28/h3-9,12,14,21,32,36H,10-11,13H2,1-2H3/t14-,21?/m0/s1. The van der Waals surface area contributed by atoms with Crippen LogP contribution in [0.25, 0.3) is 0 Å². The van der Waals surface area contributed by atoms with Gasteiger partial charge < -0.3 is 14.7 Å². The van der Waals surface area contributed by atoms with Gasteiger partial charge in [-0.3, -0.25) is 5.32 Å². The summed E-state index contributed by atoms with van der Waals surface area (Å²) in [6.45, 7) is 1.76. The van der Waals surface area contributed by atoms with Crippen LogP contribution in [0.2, 0.25) is 0 Å². The van der Waals surface area contributed by atoms with Gasteiger partial charge in [-0.1, -0.05) is 24.3 Å². The number of hydrogen-bond acceptors (Lipinski definition) is 6. The van der Waals surface area contributed by atoms with E-state index in [-0.39, 0.29) is 36.6 Å². The molecule has 1 unspecified atom stereocenters. The molecule has 2 atom stereocenters. The van der Waals surface area contributed by atoms with Crippen molar-refractivity contribution >= 4 is 11.8 Å². The predicted octanol–water partition coefficient (Wildman–Crippen LogP) is 5.07. The molecule has 2 aromatic carbocycles. The minimum atomic E-state index is -4.89. The van der Waals surface area contributed by atoms with Crippen LogP contribution in [-0.4, -0.2) is 34.5 Å². The fourth-order valence-electron chi connectivity index (χ4n) is 4.40. The summed E-state index contributed by atoms with van der Waals surface area (Å²) in [5, 5.41) is 17.3. The monoisotopic (exact) mass is 542 g/mol. The molecule has 13 heteroatoms. The quantitative estimate of drug-likeness (QED) is 0.247. The van der Waals surface area contributed by atoms with Crippen LogP contribution in [0.1, 0.15) is 57.5 Å². The third-order valence-corrected chi connectivity index (χ3v) is 6.25. The van der Waals surface area contributed by atoms with Gasteiger partial charge >= 0.3 is 18.3 Å². The Labute approximate surface area is 213 Å². The number of carbonyl (C=O) groups is 1. The van der Waals surface area contributed by atoms with Crippen LogP contribution >= 0.6 is 0 Å². The summed E-state index contributed by atoms with van der Waals surface area (Å²) in [6.07, 6.45) is -11.3. The number of alkyl halides is 6. The summed E-state index contributed by atoms with van der Waals surface area (Å²) < 4.78 is 86.9. The molecule has 0 spiro atoms. The van der Waals surface area contributed by atoms with Crippen molar-refractivity contribution in [3.63, 3.8) is 0 Å². The summed E-state index contributed by atoms with van der Waals surface area (Å²) in [4.78, 5) is 13.1. The maximum atomic E-state index is 13.9. The molecule has 38 heavy (non-hydrogen) atoms. The number of rotatable bonds is 7. The van der Waals surface area contributed by atoms with Gasteiger partial charge in [-0.2, -0.15) is 31.4 Å². The SMILES string of the molecule is COC(=O)c1ccc([C@H](C)NC(O)c2c(C(F)(F)F)nn3c2N(Cc2cccc(C(F)(F)F)c2)CC3)cc1. The van der Waals surface area contributed by atoms with E-state index in [1.54, 1.807) is 19.1 Å². The number of benzene rings is 2. The lowest BCUT2D eigenvalue weighted by Gasteiger charge is -2.25. The first kappa shape index (κ1) is 27.5. The molecule has 1 aromatic heterocycles. The van der Waals surface area contributed by atoms with Crippen molar-refractivity contribution in [2.45, 2.75) is 44.6 Å². The highest BCUT2D eigenvalue weighted by atomic mass is 19.4. The Morgan fingerprint density at radius 3 is 2.37 bits per heavy atom. The van der Waals surface area contributed by atoms with Crippen LogP contribution in [0.4, 0.5) is 32.2 Å². The van der Waals surface area contributed by atoms with Gasteiger partial charge in [0.15, 0.2) is 5.69 Å². The van der Waals surface area contributed by atoms with Crippen molar-refractivity contribution in [1.82, 2.24) is 15.1 Å². The molecule has 0 bridgehead atoms. The van der Waals surface area contributed by atoms with Gasteiger partial charge in [0, 0.05) is 19.1 Å². The molecule has 2 N–H and O–H groups in total. The van der Waals surface area contributed by atoms with Crippen LogP contribution < -0.4 is 10.2 Å². The van der Waals surface area contributed by atoms with Crippen molar-refractivity contribution in [1.29, 1.82) is 0 Å². The Bertz CT molecular complexity index is 1300. The fraction of sp³-hybridized carbons (Fsp3) is 0.360. The Hall–Kier alpha value is -3.58. The number of halogens is 6. The largest absolute Gasteiger partial charge is 0.465 e. The van der Waals surface area contributed by atoms with E-state index in [0.29, 0.717) is 5.56 Å². The molecule has 0 amide bonds. The number of fused-ring (bicyclic) bond motifs is 1. The zero-order chi connectivity index (χ0) is 27.8. The zero-order valence-electron chi connectivity index (χ0n) is 20.3. The van der Waals surface area contributed by atoms with Crippen molar-refractivity contribution in [3.8, 4) is 0 Å². The number of ether oxygens (including phenoxy) is 1. The molecule has 0 saturated heterocycles. The van der Waals surface area contributed by atoms with Gasteiger partial charge in [0.2, 0.25) is 0 Å². The van der Waals surface area contributed by atoms with E-state index in [9.17, 15) is 36.2 Å². The minimum Gasteiger partial charge on any atom is -0.465 e. The first-order chi connectivity index (χ1) is 17.8. The van der Waals surface area contributed by atoms with Crippen molar-refractivity contribution in [3.05, 3.63) is 82.0 Å². The third kappa shape index (κ3) is 5.63. The summed E-state index contributed by atoms with van der Waals surface area (Å²) in [5.74, 6) is -0.577. The zero-order valence-corrected chi connectivity index (χ0v) is 20.3. The first-order valence-corrected chi connectivity index (χ1v) is 11.5. The van der Waals surface area contributed by atoms with Crippen molar-refractivity contribution < 1.29 is 41.0 Å². The lowest BCUT2D eigenvalue weighted by atomic mass is 10.0. The van der Waals surface area contributed by atoms with E-state index in [1.807, 2.05) is 0 Å². The maximum Gasteiger partial charge on any atom is 0.435 e. The van der Waals surface area contributed by atoms with Gasteiger partial charge in [0.25, 0.3) is 0 Å². The second-order valence-corrected chi connectivity index (χ2v) is 8.83. The molecule has 0 fully saturated rings. The topological polar surface area (TPSA) is 79.6 Å². The average Bonchev–Trinajstić information content (AvgIpc) is 3.43. The van der Waals surface area contributed by atoms with E-state index in [0.717, 1.165) is 16.8 Å². The van der Waals surface area contributed by atoms with Crippen LogP contribution in [0.5, 0.6) is 0 Å². The van der Waals surface area contributed by atoms with E-state index in [4.69, 9.17) is 0 Å². The Balaban J connectivity index is 1.63. The predicted molar refractivity (Wildman–Crippen MR) is 124 cm³/mol. The van der Waals surface area contributed by atoms with Crippen molar-refractivity contribution in [2.75, 3.05) is 18.6 Å². The number of aliphatic hydroxyl groups is 1. The first-order valence-electron chi connectivity index (χ1n) is 11.5. The molecule has 0 aliphatic carbocycles. The van der Waals surface area contributed by atoms with E-state index in [2.05, 4.69) is 15.2 Å². The second kappa shape index (κ2) is 10.3. The summed E-state index contributed by atoms with van der Waals surface area (Å²) >= 11 is 0. The number of nitrogens with one attached hydrogen (secondary N) is 1. The lowest BCUT2D eigenvalue weighted by molar-refractivity contribution is -0.143. The number of methoxy groups -OCH3 is 1. The maximum absolute atomic E-state index is 13.9. The van der Waals surface area contributed by atoms with Crippen LogP contribution in [0, 0.1) is 0 Å². The molecule has 0 radical (unpaired) electrons. The third-order valence-electron chi connectivity index (χ3n) is 6.25. The molecule has 7 nitrogen and oxygen atoms in total. The molecule has 2 heterocycles. The Kier molecular flexibility index (Phi) is 7.44. The highest BCUT2D eigenvalue weighted by molar-refractivity contribution is 5.89. The van der Waals surface area contributed by atoms with Gasteiger partial charge in [0.1, 0.15) is 12.0 Å². The Morgan fingerprint density at radius 2 is 1.76 bits per heavy atom. The molecule has 1 aliphatic heterocycles. The number of hydrogen-bond donors (Lipinski definition) is 2. The number of esters is 1. The summed E-state index contributed by atoms with van der Waals surface area (Å²) in [7, 11) is 1.23. The van der Waals surface area contributed by atoms with Crippen LogP contribution in [0.3, 0.4) is 0 Å². The normalized spacial score (nSPS) is 15.3. The van der Waals surface area contributed by atoms with Crippen LogP contribution in [0.15, 0.2) is 48.5 Å². The highest BCUT2D eigenvalue weighted by Gasteiger charge is 2.44. The number of anilines is 1. The van der Waals surface area contributed by atoms with Gasteiger partial charge in [0.05, 0.1) is 30.3 Å². The number of nitrogens with zero attached hydrogens (tertiary/aromatic N) is 3. The fourth-order valence-corrected chi connectivity index (χ4v) is 4.40. The number of aliphatic hydroxyl groups excluding tert-OH is 1. The second-order valence-electron chi connectivity index (χ2n) is 8.83. The molecular weight excluding hydrogens is 518 g/mol. The van der Waals surface area contributed by atoms with Crippen molar-refractivity contribution in [2.24, 2.45) is 0 Å². The average molecular weight is 542 g/mol. The number of carbonyl (C=O) groups excluding carboxylic acids is 1. The van der Waals surface area contributed by atoms with Gasteiger partial charge in [-0.15, -0.1) is 0 Å². The summed E-state index contributed by atoms with van der Waals surface area (Å²) in [5.41, 5.74) is -1.56. The summed E-state index contributed by atoms with van der Waals surface area (Å²) in [6, 6.07) is 10.0. The highest BCUT2D eigenvalue weighted by Crippen LogP contribution is 2.41. The molecule has 0 saturated carbocycles. The van der Waals surface area contributed by atoms with E-state index >= 15 is 0 Å². The number of aromatic nitrogens is 2. The minimum absolute atomic E-state index is 0.0250. The van der Waals surface area contributed by atoms with E-state index < -0.39 is 47.4 Å².